The van der Waals surface area contributed by atoms with Crippen LogP contribution in [0.1, 0.15) is 11.1 Å². The van der Waals surface area contributed by atoms with Crippen LogP contribution in [0.3, 0.4) is 0 Å². The van der Waals surface area contributed by atoms with Gasteiger partial charge in [0, 0.05) is 32.4 Å². The molecule has 2 N–H and O–H groups in total. The number of phenols is 2. The van der Waals surface area contributed by atoms with Gasteiger partial charge in [-0.2, -0.15) is 0 Å². The van der Waals surface area contributed by atoms with Crippen LogP contribution in [0.25, 0.3) is 0 Å². The van der Waals surface area contributed by atoms with E-state index in [0.717, 1.165) is 11.3 Å². The van der Waals surface area contributed by atoms with Crippen LogP contribution in [0, 0.1) is 0 Å². The standard InChI is InChI=1S/C19H22N2O4.ClH/c1-21(2)15-7-4-13(5-8-15)12-20-16(19(24)25-3)10-14-6-9-17(22)18(23)11-14;/h4-9,11-12,16,22-23H,10H2,1-3H3;1H/t16-;/m1./s1. The molecule has 0 bridgehead atoms. The average molecular weight is 379 g/mol. The first-order chi connectivity index (χ1) is 11.9. The smallest absolute Gasteiger partial charge is 0.330 e. The zero-order valence-corrected chi connectivity index (χ0v) is 15.7. The van der Waals surface area contributed by atoms with Crippen LogP contribution < -0.4 is 4.90 Å². The number of methoxy groups -OCH3 is 1. The molecule has 0 saturated heterocycles. The van der Waals surface area contributed by atoms with Crippen molar-refractivity contribution in [3.05, 3.63) is 53.6 Å². The fraction of sp³-hybridized carbons (Fsp3) is 0.263. The third kappa shape index (κ3) is 5.67. The van der Waals surface area contributed by atoms with Gasteiger partial charge >= 0.3 is 5.97 Å². The van der Waals surface area contributed by atoms with E-state index in [0.29, 0.717) is 5.56 Å². The Morgan fingerprint density at radius 3 is 2.35 bits per heavy atom. The Morgan fingerprint density at radius 1 is 1.15 bits per heavy atom. The van der Waals surface area contributed by atoms with Crippen LogP contribution >= 0.6 is 12.4 Å². The second-order valence-electron chi connectivity index (χ2n) is 5.83. The van der Waals surface area contributed by atoms with Crippen molar-refractivity contribution < 1.29 is 19.7 Å². The van der Waals surface area contributed by atoms with E-state index in [-0.39, 0.29) is 30.3 Å². The molecule has 0 saturated carbocycles. The summed E-state index contributed by atoms with van der Waals surface area (Å²) in [6, 6.07) is 11.4. The number of aliphatic imine (C=N–C) groups is 1. The van der Waals surface area contributed by atoms with Crippen LogP contribution in [0.2, 0.25) is 0 Å². The van der Waals surface area contributed by atoms with Crippen LogP contribution in [-0.2, 0) is 16.0 Å². The topological polar surface area (TPSA) is 82.4 Å². The van der Waals surface area contributed by atoms with E-state index >= 15 is 0 Å². The number of rotatable bonds is 6. The fourth-order valence-electron chi connectivity index (χ4n) is 2.29. The number of ether oxygens (including phenoxy) is 1. The lowest BCUT2D eigenvalue weighted by atomic mass is 10.1. The molecule has 140 valence electrons. The SMILES string of the molecule is COC(=O)[C@@H](Cc1ccc(O)c(O)c1)N=Cc1ccc(N(C)C)cc1.Cl. The normalized spacial score (nSPS) is 11.7. The first kappa shape index (κ1) is 21.3. The lowest BCUT2D eigenvalue weighted by Gasteiger charge is -2.12. The third-order valence-corrected chi connectivity index (χ3v) is 3.76. The minimum Gasteiger partial charge on any atom is -0.504 e. The molecule has 0 aliphatic carbocycles. The van der Waals surface area contributed by atoms with Gasteiger partial charge in [0.1, 0.15) is 0 Å². The number of carbonyl (C=O) groups excluding carboxylic acids is 1. The zero-order chi connectivity index (χ0) is 18.4. The van der Waals surface area contributed by atoms with Gasteiger partial charge in [0.15, 0.2) is 17.5 Å². The van der Waals surface area contributed by atoms with Crippen molar-refractivity contribution in [2.45, 2.75) is 12.5 Å². The van der Waals surface area contributed by atoms with E-state index in [1.165, 1.54) is 19.2 Å². The minimum atomic E-state index is -0.734. The Bertz CT molecular complexity index is 761. The summed E-state index contributed by atoms with van der Waals surface area (Å²) in [4.78, 5) is 18.3. The van der Waals surface area contributed by atoms with Gasteiger partial charge in [-0.05, 0) is 35.4 Å². The van der Waals surface area contributed by atoms with E-state index < -0.39 is 12.0 Å². The highest BCUT2D eigenvalue weighted by molar-refractivity contribution is 5.85. The third-order valence-electron chi connectivity index (χ3n) is 3.76. The van der Waals surface area contributed by atoms with Crippen molar-refractivity contribution in [1.29, 1.82) is 0 Å². The van der Waals surface area contributed by atoms with Crippen molar-refractivity contribution in [3.8, 4) is 11.5 Å². The van der Waals surface area contributed by atoms with Gasteiger partial charge < -0.3 is 19.8 Å². The maximum absolute atomic E-state index is 12.0. The van der Waals surface area contributed by atoms with Crippen molar-refractivity contribution in [2.24, 2.45) is 4.99 Å². The molecular weight excluding hydrogens is 356 g/mol. The number of aromatic hydroxyl groups is 2. The van der Waals surface area contributed by atoms with Gasteiger partial charge in [-0.3, -0.25) is 4.99 Å². The molecule has 0 heterocycles. The number of esters is 1. The minimum absolute atomic E-state index is 0. The molecule has 1 atom stereocenters. The number of carbonyl (C=O) groups is 1. The summed E-state index contributed by atoms with van der Waals surface area (Å²) in [5, 5.41) is 19.0. The summed E-state index contributed by atoms with van der Waals surface area (Å²) < 4.78 is 4.81. The molecule has 0 fully saturated rings. The highest BCUT2D eigenvalue weighted by Crippen LogP contribution is 2.25. The van der Waals surface area contributed by atoms with Crippen LogP contribution in [0.4, 0.5) is 5.69 Å². The molecule has 0 aromatic heterocycles. The maximum atomic E-state index is 12.0. The summed E-state index contributed by atoms with van der Waals surface area (Å²) in [6.45, 7) is 0. The Balaban J connectivity index is 0.00000338. The Labute approximate surface area is 159 Å². The lowest BCUT2D eigenvalue weighted by molar-refractivity contribution is -0.142. The monoisotopic (exact) mass is 378 g/mol. The quantitative estimate of drug-likeness (QED) is 0.459. The molecule has 6 nitrogen and oxygen atoms in total. The first-order valence-electron chi connectivity index (χ1n) is 7.80. The van der Waals surface area contributed by atoms with Crippen LogP contribution in [-0.4, -0.2) is 49.6 Å². The number of hydrogen-bond acceptors (Lipinski definition) is 6. The molecule has 7 heteroatoms. The highest BCUT2D eigenvalue weighted by Gasteiger charge is 2.18. The Hall–Kier alpha value is -2.73. The van der Waals surface area contributed by atoms with Crippen LogP contribution in [0.15, 0.2) is 47.5 Å². The van der Waals surface area contributed by atoms with Crippen molar-refractivity contribution >= 4 is 30.3 Å². The highest BCUT2D eigenvalue weighted by atomic mass is 35.5. The molecule has 2 rings (SSSR count). The zero-order valence-electron chi connectivity index (χ0n) is 14.9. The summed E-state index contributed by atoms with van der Waals surface area (Å²) in [5.41, 5.74) is 2.61. The van der Waals surface area contributed by atoms with Gasteiger partial charge in [-0.1, -0.05) is 18.2 Å². The molecule has 0 radical (unpaired) electrons. The molecular formula is C19H23ClN2O4. The molecule has 0 unspecified atom stereocenters. The molecule has 2 aromatic carbocycles. The number of anilines is 1. The van der Waals surface area contributed by atoms with E-state index in [4.69, 9.17) is 4.74 Å². The summed E-state index contributed by atoms with van der Waals surface area (Å²) in [7, 11) is 5.23. The van der Waals surface area contributed by atoms with Crippen molar-refractivity contribution in [3.63, 3.8) is 0 Å². The fourth-order valence-corrected chi connectivity index (χ4v) is 2.29. The summed E-state index contributed by atoms with van der Waals surface area (Å²) in [6.07, 6.45) is 1.88. The van der Waals surface area contributed by atoms with E-state index in [2.05, 4.69) is 4.99 Å². The number of phenolic OH excluding ortho intramolecular Hbond substituents is 2. The van der Waals surface area contributed by atoms with Gasteiger partial charge in [0.2, 0.25) is 0 Å². The molecule has 0 aliphatic rings. The number of benzene rings is 2. The number of nitrogens with zero attached hydrogens (tertiary/aromatic N) is 2. The second-order valence-corrected chi connectivity index (χ2v) is 5.83. The molecule has 26 heavy (non-hydrogen) atoms. The van der Waals surface area contributed by atoms with E-state index in [1.54, 1.807) is 12.3 Å². The van der Waals surface area contributed by atoms with Crippen LogP contribution in [0.5, 0.6) is 11.5 Å². The average Bonchev–Trinajstić information content (AvgIpc) is 2.61. The maximum Gasteiger partial charge on any atom is 0.330 e. The van der Waals surface area contributed by atoms with E-state index in [9.17, 15) is 15.0 Å². The van der Waals surface area contributed by atoms with Gasteiger partial charge in [0.05, 0.1) is 7.11 Å². The Morgan fingerprint density at radius 2 is 1.81 bits per heavy atom. The van der Waals surface area contributed by atoms with Gasteiger partial charge in [-0.25, -0.2) is 4.79 Å². The van der Waals surface area contributed by atoms with Crippen molar-refractivity contribution in [2.75, 3.05) is 26.1 Å². The van der Waals surface area contributed by atoms with Gasteiger partial charge in [-0.15, -0.1) is 12.4 Å². The van der Waals surface area contributed by atoms with Crippen molar-refractivity contribution in [1.82, 2.24) is 0 Å². The Kier molecular flexibility index (Phi) is 7.93. The molecule has 0 aliphatic heterocycles. The molecule has 2 aromatic rings. The largest absolute Gasteiger partial charge is 0.504 e. The molecule has 0 amide bonds. The predicted molar refractivity (Wildman–Crippen MR) is 105 cm³/mol. The summed E-state index contributed by atoms with van der Waals surface area (Å²) in [5.74, 6) is -0.902. The lowest BCUT2D eigenvalue weighted by Crippen LogP contribution is -2.23. The number of hydrogen-bond donors (Lipinski definition) is 2. The van der Waals surface area contributed by atoms with E-state index in [1.807, 2.05) is 43.3 Å². The van der Waals surface area contributed by atoms with Gasteiger partial charge in [0.25, 0.3) is 0 Å². The second kappa shape index (κ2) is 9.68. The summed E-state index contributed by atoms with van der Waals surface area (Å²) >= 11 is 0. The predicted octanol–water partition coefficient (Wildman–Crippen LogP) is 2.79. The molecule has 0 spiro atoms. The number of halogens is 1. The first-order valence-corrected chi connectivity index (χ1v) is 7.80.